The number of aliphatic hydroxyl groups excluding tert-OH is 1. The van der Waals surface area contributed by atoms with Crippen molar-refractivity contribution in [3.63, 3.8) is 0 Å². The predicted molar refractivity (Wildman–Crippen MR) is 70.0 cm³/mol. The molecular formula is C14H23N3O. The predicted octanol–water partition coefficient (Wildman–Crippen LogP) is 1.62. The fraction of sp³-hybridized carbons (Fsp3) is 0.786. The number of nitrogens with zero attached hydrogens (tertiary/aromatic N) is 2. The molecule has 1 unspecified atom stereocenters. The first-order valence-electron chi connectivity index (χ1n) is 7.04. The lowest BCUT2D eigenvalue weighted by Crippen LogP contribution is -2.34. The normalized spacial score (nSPS) is 32.0. The zero-order chi connectivity index (χ0) is 12.6. The Labute approximate surface area is 108 Å². The minimum atomic E-state index is 0.0349. The molecule has 1 atom stereocenters. The van der Waals surface area contributed by atoms with Crippen molar-refractivity contribution in [1.29, 1.82) is 0 Å². The van der Waals surface area contributed by atoms with Crippen LogP contribution in [-0.4, -0.2) is 28.0 Å². The van der Waals surface area contributed by atoms with E-state index in [1.807, 2.05) is 19.4 Å². The van der Waals surface area contributed by atoms with Crippen LogP contribution in [0, 0.1) is 11.3 Å². The highest BCUT2D eigenvalue weighted by Crippen LogP contribution is 2.53. The molecule has 1 heterocycles. The van der Waals surface area contributed by atoms with E-state index in [4.69, 9.17) is 0 Å². The highest BCUT2D eigenvalue weighted by Gasteiger charge is 2.44. The fourth-order valence-corrected chi connectivity index (χ4v) is 3.81. The van der Waals surface area contributed by atoms with E-state index >= 15 is 0 Å². The number of aliphatic hydroxyl groups is 1. The van der Waals surface area contributed by atoms with Crippen LogP contribution in [0.4, 0.5) is 0 Å². The van der Waals surface area contributed by atoms with E-state index in [9.17, 15) is 5.11 Å². The molecule has 0 saturated heterocycles. The van der Waals surface area contributed by atoms with E-state index in [-0.39, 0.29) is 12.6 Å². The standard InChI is InChI=1S/C14H23N3O/c1-17-8-12(7-16-17)13(9-18)15-10-14-4-2-11(6-14)3-5-14/h7-8,11,13,15,18H,2-6,9-10H2,1H3. The van der Waals surface area contributed by atoms with Crippen LogP contribution in [0.2, 0.25) is 0 Å². The molecule has 2 fully saturated rings. The van der Waals surface area contributed by atoms with Crippen LogP contribution in [0.1, 0.15) is 43.7 Å². The van der Waals surface area contributed by atoms with Crippen molar-refractivity contribution in [2.45, 2.75) is 38.1 Å². The van der Waals surface area contributed by atoms with Gasteiger partial charge in [-0.1, -0.05) is 0 Å². The maximum absolute atomic E-state index is 9.53. The molecule has 18 heavy (non-hydrogen) atoms. The van der Waals surface area contributed by atoms with Gasteiger partial charge in [-0.3, -0.25) is 4.68 Å². The monoisotopic (exact) mass is 249 g/mol. The summed E-state index contributed by atoms with van der Waals surface area (Å²) in [6, 6.07) is 0.0349. The summed E-state index contributed by atoms with van der Waals surface area (Å²) >= 11 is 0. The first-order chi connectivity index (χ1) is 8.71. The molecule has 0 aliphatic heterocycles. The molecule has 1 aromatic rings. The summed E-state index contributed by atoms with van der Waals surface area (Å²) in [5, 5.41) is 17.3. The third kappa shape index (κ3) is 2.19. The van der Waals surface area contributed by atoms with E-state index in [1.165, 1.54) is 32.1 Å². The molecule has 0 radical (unpaired) electrons. The van der Waals surface area contributed by atoms with Crippen molar-refractivity contribution in [2.75, 3.05) is 13.2 Å². The van der Waals surface area contributed by atoms with Crippen molar-refractivity contribution >= 4 is 0 Å². The first kappa shape index (κ1) is 12.2. The Bertz CT molecular complexity index is 407. The van der Waals surface area contributed by atoms with Crippen LogP contribution in [-0.2, 0) is 7.05 Å². The van der Waals surface area contributed by atoms with Gasteiger partial charge in [-0.25, -0.2) is 0 Å². The van der Waals surface area contributed by atoms with Gasteiger partial charge in [0.1, 0.15) is 0 Å². The van der Waals surface area contributed by atoms with Crippen LogP contribution < -0.4 is 5.32 Å². The fourth-order valence-electron chi connectivity index (χ4n) is 3.81. The number of hydrogen-bond donors (Lipinski definition) is 2. The number of nitrogens with one attached hydrogen (secondary N) is 1. The summed E-state index contributed by atoms with van der Waals surface area (Å²) in [6.45, 7) is 1.19. The highest BCUT2D eigenvalue weighted by atomic mass is 16.3. The first-order valence-corrected chi connectivity index (χ1v) is 7.04. The van der Waals surface area contributed by atoms with Gasteiger partial charge < -0.3 is 10.4 Å². The summed E-state index contributed by atoms with van der Waals surface area (Å²) in [5.74, 6) is 0.984. The van der Waals surface area contributed by atoms with Crippen molar-refractivity contribution in [3.05, 3.63) is 18.0 Å². The number of aryl methyl sites for hydroxylation is 1. The summed E-state index contributed by atoms with van der Waals surface area (Å²) < 4.78 is 1.79. The molecule has 3 rings (SSSR count). The summed E-state index contributed by atoms with van der Waals surface area (Å²) in [5.41, 5.74) is 1.62. The molecule has 0 amide bonds. The Hall–Kier alpha value is -0.870. The molecule has 4 nitrogen and oxygen atoms in total. The maximum atomic E-state index is 9.53. The molecule has 0 spiro atoms. The Morgan fingerprint density at radius 1 is 1.56 bits per heavy atom. The topological polar surface area (TPSA) is 50.1 Å². The quantitative estimate of drug-likeness (QED) is 0.834. The maximum Gasteiger partial charge on any atom is 0.0627 e. The van der Waals surface area contributed by atoms with Gasteiger partial charge in [-0.05, 0) is 43.4 Å². The van der Waals surface area contributed by atoms with Crippen LogP contribution in [0.5, 0.6) is 0 Å². The second-order valence-electron chi connectivity index (χ2n) is 6.21. The molecule has 100 valence electrons. The Kier molecular flexibility index (Phi) is 3.16. The van der Waals surface area contributed by atoms with Gasteiger partial charge >= 0.3 is 0 Å². The molecule has 2 aliphatic rings. The smallest absolute Gasteiger partial charge is 0.0627 e. The van der Waals surface area contributed by atoms with Crippen molar-refractivity contribution in [3.8, 4) is 0 Å². The molecule has 2 bridgehead atoms. The number of rotatable bonds is 5. The van der Waals surface area contributed by atoms with Crippen molar-refractivity contribution < 1.29 is 5.11 Å². The molecule has 2 N–H and O–H groups in total. The van der Waals surface area contributed by atoms with Crippen LogP contribution in [0.3, 0.4) is 0 Å². The summed E-state index contributed by atoms with van der Waals surface area (Å²) in [6.07, 6.45) is 10.8. The largest absolute Gasteiger partial charge is 0.394 e. The minimum absolute atomic E-state index is 0.0349. The summed E-state index contributed by atoms with van der Waals surface area (Å²) in [7, 11) is 1.91. The molecule has 2 aliphatic carbocycles. The molecule has 2 saturated carbocycles. The molecule has 0 aromatic carbocycles. The third-order valence-corrected chi connectivity index (χ3v) is 4.92. The van der Waals surface area contributed by atoms with Gasteiger partial charge in [0.15, 0.2) is 0 Å². The Balaban J connectivity index is 1.61. The zero-order valence-corrected chi connectivity index (χ0v) is 11.1. The van der Waals surface area contributed by atoms with E-state index in [2.05, 4.69) is 10.4 Å². The summed E-state index contributed by atoms with van der Waals surface area (Å²) in [4.78, 5) is 0. The Morgan fingerprint density at radius 2 is 2.33 bits per heavy atom. The second kappa shape index (κ2) is 4.67. The van der Waals surface area contributed by atoms with Gasteiger partial charge in [-0.15, -0.1) is 0 Å². The van der Waals surface area contributed by atoms with Gasteiger partial charge in [0, 0.05) is 25.4 Å². The minimum Gasteiger partial charge on any atom is -0.394 e. The van der Waals surface area contributed by atoms with Gasteiger partial charge in [0.05, 0.1) is 18.8 Å². The van der Waals surface area contributed by atoms with E-state index in [0.29, 0.717) is 5.41 Å². The number of hydrogen-bond acceptors (Lipinski definition) is 3. The lowest BCUT2D eigenvalue weighted by molar-refractivity contribution is 0.211. The molecular weight excluding hydrogens is 226 g/mol. The van der Waals surface area contributed by atoms with Crippen LogP contribution in [0.15, 0.2) is 12.4 Å². The second-order valence-corrected chi connectivity index (χ2v) is 6.21. The van der Waals surface area contributed by atoms with Gasteiger partial charge in [0.25, 0.3) is 0 Å². The number of fused-ring (bicyclic) bond motifs is 2. The highest BCUT2D eigenvalue weighted by molar-refractivity contribution is 5.11. The van der Waals surface area contributed by atoms with E-state index < -0.39 is 0 Å². The van der Waals surface area contributed by atoms with E-state index in [1.54, 1.807) is 4.68 Å². The zero-order valence-electron chi connectivity index (χ0n) is 11.1. The Morgan fingerprint density at radius 3 is 2.83 bits per heavy atom. The van der Waals surface area contributed by atoms with Crippen molar-refractivity contribution in [1.82, 2.24) is 15.1 Å². The van der Waals surface area contributed by atoms with E-state index in [0.717, 1.165) is 18.0 Å². The third-order valence-electron chi connectivity index (χ3n) is 4.92. The SMILES string of the molecule is Cn1cc(C(CO)NCC23CCC(CC2)C3)cn1. The van der Waals surface area contributed by atoms with Crippen molar-refractivity contribution in [2.24, 2.45) is 18.4 Å². The van der Waals surface area contributed by atoms with Crippen LogP contribution in [0.25, 0.3) is 0 Å². The number of aromatic nitrogens is 2. The average molecular weight is 249 g/mol. The van der Waals surface area contributed by atoms with Gasteiger partial charge in [0.2, 0.25) is 0 Å². The lowest BCUT2D eigenvalue weighted by Gasteiger charge is -2.29. The molecule has 1 aromatic heterocycles. The van der Waals surface area contributed by atoms with Crippen LogP contribution >= 0.6 is 0 Å². The lowest BCUT2D eigenvalue weighted by atomic mass is 9.84. The average Bonchev–Trinajstić information content (AvgIpc) is 3.06. The molecule has 4 heteroatoms. The van der Waals surface area contributed by atoms with Gasteiger partial charge in [-0.2, -0.15) is 5.10 Å².